The standard InChI is InChI=1S/C26H26N2O4/c1-16-9-11-17(12-10-16)28-21-14-26(2,3)15-22(29)18(21)13-19(25(28)31)24(30)27-20-7-5-6-8-23(20)32-4/h5-13H,14-15H2,1-4H3,(H,27,30). The van der Waals surface area contributed by atoms with E-state index in [1.165, 1.54) is 17.7 Å². The van der Waals surface area contributed by atoms with E-state index in [2.05, 4.69) is 5.32 Å². The van der Waals surface area contributed by atoms with Crippen molar-refractivity contribution in [1.29, 1.82) is 0 Å². The van der Waals surface area contributed by atoms with Gasteiger partial charge in [0.1, 0.15) is 11.3 Å². The van der Waals surface area contributed by atoms with Crippen molar-refractivity contribution in [1.82, 2.24) is 4.57 Å². The number of Topliss-reactive ketones (excluding diaryl/α,β-unsaturated/α-hetero) is 1. The Kier molecular flexibility index (Phi) is 5.46. The Bertz CT molecular complexity index is 1270. The zero-order valence-corrected chi connectivity index (χ0v) is 18.7. The van der Waals surface area contributed by atoms with Gasteiger partial charge in [0, 0.05) is 23.4 Å². The van der Waals surface area contributed by atoms with Crippen LogP contribution in [0, 0.1) is 12.3 Å². The quantitative estimate of drug-likeness (QED) is 0.658. The Hall–Kier alpha value is -3.67. The predicted octanol–water partition coefficient (Wildman–Crippen LogP) is 4.56. The van der Waals surface area contributed by atoms with Gasteiger partial charge in [-0.05, 0) is 49.1 Å². The molecule has 1 heterocycles. The van der Waals surface area contributed by atoms with Gasteiger partial charge in [0.15, 0.2) is 5.78 Å². The summed E-state index contributed by atoms with van der Waals surface area (Å²) in [7, 11) is 1.51. The molecule has 0 atom stereocenters. The maximum Gasteiger partial charge on any atom is 0.268 e. The monoisotopic (exact) mass is 430 g/mol. The molecule has 4 rings (SSSR count). The molecule has 0 aliphatic heterocycles. The molecule has 6 heteroatoms. The molecule has 0 saturated carbocycles. The maximum atomic E-state index is 13.6. The Morgan fingerprint density at radius 2 is 1.72 bits per heavy atom. The van der Waals surface area contributed by atoms with Crippen LogP contribution in [0.2, 0.25) is 0 Å². The molecule has 1 amide bonds. The van der Waals surface area contributed by atoms with E-state index < -0.39 is 11.5 Å². The van der Waals surface area contributed by atoms with Gasteiger partial charge >= 0.3 is 0 Å². The number of pyridine rings is 1. The molecule has 0 bridgehead atoms. The number of rotatable bonds is 4. The van der Waals surface area contributed by atoms with Gasteiger partial charge in [-0.15, -0.1) is 0 Å². The number of carbonyl (C=O) groups excluding carboxylic acids is 2. The molecular formula is C26H26N2O4. The van der Waals surface area contributed by atoms with Gasteiger partial charge in [0.2, 0.25) is 0 Å². The fraction of sp³-hybridized carbons (Fsp3) is 0.269. The highest BCUT2D eigenvalue weighted by Gasteiger charge is 2.35. The van der Waals surface area contributed by atoms with Crippen LogP contribution < -0.4 is 15.6 Å². The van der Waals surface area contributed by atoms with Gasteiger partial charge in [0.05, 0.1) is 12.8 Å². The molecule has 1 aromatic heterocycles. The number of ketones is 1. The zero-order valence-electron chi connectivity index (χ0n) is 18.7. The highest BCUT2D eigenvalue weighted by molar-refractivity contribution is 6.07. The number of carbonyl (C=O) groups is 2. The van der Waals surface area contributed by atoms with Crippen molar-refractivity contribution in [2.24, 2.45) is 5.41 Å². The summed E-state index contributed by atoms with van der Waals surface area (Å²) in [6, 6.07) is 15.9. The lowest BCUT2D eigenvalue weighted by Crippen LogP contribution is -2.37. The van der Waals surface area contributed by atoms with E-state index in [0.717, 1.165) is 5.56 Å². The lowest BCUT2D eigenvalue weighted by atomic mass is 9.75. The summed E-state index contributed by atoms with van der Waals surface area (Å²) in [5.74, 6) is -0.167. The van der Waals surface area contributed by atoms with Crippen LogP contribution >= 0.6 is 0 Å². The zero-order chi connectivity index (χ0) is 23.0. The summed E-state index contributed by atoms with van der Waals surface area (Å²) >= 11 is 0. The first-order chi connectivity index (χ1) is 15.2. The molecule has 1 aliphatic carbocycles. The van der Waals surface area contributed by atoms with Crippen LogP contribution in [0.15, 0.2) is 59.4 Å². The van der Waals surface area contributed by atoms with Gasteiger partial charge < -0.3 is 10.1 Å². The van der Waals surface area contributed by atoms with Crippen molar-refractivity contribution >= 4 is 17.4 Å². The van der Waals surface area contributed by atoms with Crippen LogP contribution in [-0.4, -0.2) is 23.4 Å². The third-order valence-electron chi connectivity index (χ3n) is 5.78. The van der Waals surface area contributed by atoms with Crippen molar-refractivity contribution < 1.29 is 14.3 Å². The molecule has 2 aromatic carbocycles. The number of anilines is 1. The normalized spacial score (nSPS) is 14.6. The van der Waals surface area contributed by atoms with Crippen LogP contribution in [0.1, 0.15) is 52.2 Å². The smallest absolute Gasteiger partial charge is 0.268 e. The van der Waals surface area contributed by atoms with Crippen molar-refractivity contribution in [3.63, 3.8) is 0 Å². The topological polar surface area (TPSA) is 77.4 Å². The van der Waals surface area contributed by atoms with E-state index in [9.17, 15) is 14.4 Å². The lowest BCUT2D eigenvalue weighted by Gasteiger charge is -2.32. The van der Waals surface area contributed by atoms with E-state index in [1.807, 2.05) is 45.0 Å². The first-order valence-electron chi connectivity index (χ1n) is 10.5. The van der Waals surface area contributed by atoms with E-state index in [-0.39, 0.29) is 16.8 Å². The molecule has 32 heavy (non-hydrogen) atoms. The van der Waals surface area contributed by atoms with Crippen LogP contribution in [-0.2, 0) is 6.42 Å². The van der Waals surface area contributed by atoms with Gasteiger partial charge in [0.25, 0.3) is 11.5 Å². The molecule has 1 aliphatic rings. The number of aryl methyl sites for hydroxylation is 1. The second-order valence-corrected chi connectivity index (χ2v) is 8.99. The average Bonchev–Trinajstić information content (AvgIpc) is 2.74. The van der Waals surface area contributed by atoms with Crippen LogP contribution in [0.25, 0.3) is 5.69 Å². The fourth-order valence-electron chi connectivity index (χ4n) is 4.18. The van der Waals surface area contributed by atoms with Gasteiger partial charge in [-0.1, -0.05) is 43.7 Å². The summed E-state index contributed by atoms with van der Waals surface area (Å²) < 4.78 is 6.81. The highest BCUT2D eigenvalue weighted by atomic mass is 16.5. The summed E-state index contributed by atoms with van der Waals surface area (Å²) in [5, 5.41) is 2.76. The van der Waals surface area contributed by atoms with Gasteiger partial charge in [-0.2, -0.15) is 0 Å². The minimum atomic E-state index is -0.583. The summed E-state index contributed by atoms with van der Waals surface area (Å²) in [6.45, 7) is 5.99. The predicted molar refractivity (Wildman–Crippen MR) is 124 cm³/mol. The molecule has 1 N–H and O–H groups in total. The summed E-state index contributed by atoms with van der Waals surface area (Å²) in [6.07, 6.45) is 0.922. The number of amides is 1. The molecule has 3 aromatic rings. The fourth-order valence-corrected chi connectivity index (χ4v) is 4.18. The summed E-state index contributed by atoms with van der Waals surface area (Å²) in [5.41, 5.74) is 2.40. The molecular weight excluding hydrogens is 404 g/mol. The minimum absolute atomic E-state index is 0.0662. The van der Waals surface area contributed by atoms with Crippen molar-refractivity contribution in [3.05, 3.63) is 87.3 Å². The largest absolute Gasteiger partial charge is 0.495 e. The molecule has 0 spiro atoms. The Morgan fingerprint density at radius 3 is 2.41 bits per heavy atom. The number of aromatic nitrogens is 1. The van der Waals surface area contributed by atoms with Crippen LogP contribution in [0.5, 0.6) is 5.75 Å². The minimum Gasteiger partial charge on any atom is -0.495 e. The average molecular weight is 431 g/mol. The van der Waals surface area contributed by atoms with Gasteiger partial charge in [-0.25, -0.2) is 0 Å². The molecule has 0 unspecified atom stereocenters. The SMILES string of the molecule is COc1ccccc1NC(=O)c1cc2c(n(-c3ccc(C)cc3)c1=O)CC(C)(C)CC2=O. The maximum absolute atomic E-state index is 13.6. The van der Waals surface area contributed by atoms with Crippen molar-refractivity contribution in [2.75, 3.05) is 12.4 Å². The van der Waals surface area contributed by atoms with E-state index in [0.29, 0.717) is 41.2 Å². The lowest BCUT2D eigenvalue weighted by molar-refractivity contribution is 0.0909. The number of nitrogens with zero attached hydrogens (tertiary/aromatic N) is 1. The third kappa shape index (κ3) is 3.96. The molecule has 6 nitrogen and oxygen atoms in total. The molecule has 0 fully saturated rings. The second kappa shape index (κ2) is 8.11. The molecule has 0 saturated heterocycles. The summed E-state index contributed by atoms with van der Waals surface area (Å²) in [4.78, 5) is 39.8. The number of hydrogen-bond acceptors (Lipinski definition) is 4. The number of para-hydroxylation sites is 2. The Balaban J connectivity index is 1.89. The number of fused-ring (bicyclic) bond motifs is 1. The van der Waals surface area contributed by atoms with Crippen LogP contribution in [0.4, 0.5) is 5.69 Å². The van der Waals surface area contributed by atoms with E-state index in [1.54, 1.807) is 24.3 Å². The molecule has 0 radical (unpaired) electrons. The number of methoxy groups -OCH3 is 1. The van der Waals surface area contributed by atoms with E-state index >= 15 is 0 Å². The van der Waals surface area contributed by atoms with Crippen molar-refractivity contribution in [3.8, 4) is 11.4 Å². The van der Waals surface area contributed by atoms with Gasteiger partial charge in [-0.3, -0.25) is 19.0 Å². The van der Waals surface area contributed by atoms with E-state index in [4.69, 9.17) is 4.74 Å². The third-order valence-corrected chi connectivity index (χ3v) is 5.78. The Labute approximate surface area is 186 Å². The highest BCUT2D eigenvalue weighted by Crippen LogP contribution is 2.35. The van der Waals surface area contributed by atoms with Crippen LogP contribution in [0.3, 0.4) is 0 Å². The number of hydrogen-bond donors (Lipinski definition) is 1. The first-order valence-corrected chi connectivity index (χ1v) is 10.5. The number of ether oxygens (including phenoxy) is 1. The first kappa shape index (κ1) is 21.6. The second-order valence-electron chi connectivity index (χ2n) is 8.99. The number of nitrogens with one attached hydrogen (secondary N) is 1. The van der Waals surface area contributed by atoms with Crippen molar-refractivity contribution in [2.45, 2.75) is 33.6 Å². The molecule has 164 valence electrons. The number of benzene rings is 2. The Morgan fingerprint density at radius 1 is 1.03 bits per heavy atom.